The molecule has 2 aromatic rings. The predicted molar refractivity (Wildman–Crippen MR) is 165 cm³/mol. The van der Waals surface area contributed by atoms with Crippen molar-refractivity contribution in [1.29, 1.82) is 0 Å². The molecular weight excluding hydrogens is 602 g/mol. The third-order valence-electron chi connectivity index (χ3n) is 8.59. The molecule has 1 amide bonds. The third kappa shape index (κ3) is 8.46. The van der Waals surface area contributed by atoms with Crippen molar-refractivity contribution in [2.75, 3.05) is 39.6 Å². The lowest BCUT2D eigenvalue weighted by Crippen LogP contribution is -2.52. The molecule has 4 N–H and O–H groups in total. The largest absolute Gasteiger partial charge is 0.454 e. The second-order valence-electron chi connectivity index (χ2n) is 12.7. The minimum absolute atomic E-state index is 0.0137. The number of sulfonamides is 1. The van der Waals surface area contributed by atoms with E-state index in [0.717, 1.165) is 31.2 Å². The number of amides is 1. The van der Waals surface area contributed by atoms with Crippen LogP contribution in [0.3, 0.4) is 0 Å². The summed E-state index contributed by atoms with van der Waals surface area (Å²) in [5.74, 6) is 0.768. The van der Waals surface area contributed by atoms with Gasteiger partial charge in [-0.05, 0) is 55.3 Å². The van der Waals surface area contributed by atoms with Gasteiger partial charge in [-0.3, -0.25) is 0 Å². The van der Waals surface area contributed by atoms with Crippen LogP contribution < -0.4 is 20.5 Å². The Labute approximate surface area is 265 Å². The summed E-state index contributed by atoms with van der Waals surface area (Å²) in [6, 6.07) is 13.0. The Balaban J connectivity index is 1.37. The third-order valence-corrected chi connectivity index (χ3v) is 10.4. The smallest absolute Gasteiger partial charge is 0.407 e. The van der Waals surface area contributed by atoms with E-state index in [1.165, 1.54) is 16.4 Å². The average molecular weight is 648 g/mol. The summed E-state index contributed by atoms with van der Waals surface area (Å²) in [5.41, 5.74) is 6.14. The van der Waals surface area contributed by atoms with Crippen LogP contribution in [0.4, 0.5) is 4.79 Å². The number of ether oxygens (including phenoxy) is 5. The van der Waals surface area contributed by atoms with Crippen LogP contribution in [-0.4, -0.2) is 88.1 Å². The molecule has 4 unspecified atom stereocenters. The van der Waals surface area contributed by atoms with E-state index in [0.29, 0.717) is 24.7 Å². The highest BCUT2D eigenvalue weighted by Gasteiger charge is 2.44. The number of carbonyl (C=O) groups excluding carboxylic acids is 1. The number of unbranched alkanes of at least 4 members (excludes halogenated alkanes) is 1. The first-order valence-corrected chi connectivity index (χ1v) is 17.0. The van der Waals surface area contributed by atoms with Gasteiger partial charge in [0.1, 0.15) is 6.10 Å². The van der Waals surface area contributed by atoms with Gasteiger partial charge in [0.05, 0.1) is 36.2 Å². The molecule has 5 atom stereocenters. The summed E-state index contributed by atoms with van der Waals surface area (Å²) in [7, 11) is -4.11. The minimum atomic E-state index is -4.11. The number of carbonyl (C=O) groups is 1. The Hall–Kier alpha value is -2.94. The summed E-state index contributed by atoms with van der Waals surface area (Å²) < 4.78 is 57.3. The van der Waals surface area contributed by atoms with E-state index in [4.69, 9.17) is 29.4 Å². The summed E-state index contributed by atoms with van der Waals surface area (Å²) in [6.07, 6.45) is 0.559. The molecular formula is C32H45N3O9S. The van der Waals surface area contributed by atoms with Crippen LogP contribution >= 0.6 is 0 Å². The maximum atomic E-state index is 14.2. The standard InChI is InChI=1S/C32H45N3O9S/c1-32(2,13-6-7-14-33)20-35(45(38,39)23-10-11-27-28(17-23)43-21-42-27)18-26(36)25(16-22-8-4-3-5-9-22)34-31(37)44-29-19-41-30-24(29)12-15-40-30/h3-5,8-11,17,24-26,29-30,36H,6-7,12-16,18-21,33H2,1-2H3,(H,34,37)/t24?,25-,26?,29?,30?/m0/s1. The molecule has 0 aromatic heterocycles. The first-order valence-electron chi connectivity index (χ1n) is 15.6. The Morgan fingerprint density at radius 1 is 1.13 bits per heavy atom. The maximum Gasteiger partial charge on any atom is 0.407 e. The van der Waals surface area contributed by atoms with Crippen LogP contribution in [0.15, 0.2) is 53.4 Å². The summed E-state index contributed by atoms with van der Waals surface area (Å²) in [6.45, 7) is 5.21. The second-order valence-corrected chi connectivity index (χ2v) is 14.6. The molecule has 0 saturated carbocycles. The number of fused-ring (bicyclic) bond motifs is 2. The van der Waals surface area contributed by atoms with Gasteiger partial charge in [-0.2, -0.15) is 4.31 Å². The first kappa shape index (κ1) is 33.4. The number of nitrogens with one attached hydrogen (secondary N) is 1. The number of aliphatic hydroxyl groups is 1. The molecule has 5 rings (SSSR count). The van der Waals surface area contributed by atoms with E-state index >= 15 is 0 Å². The Bertz CT molecular complexity index is 1390. The van der Waals surface area contributed by atoms with Crippen molar-refractivity contribution in [3.05, 3.63) is 54.1 Å². The first-order chi connectivity index (χ1) is 21.6. The number of hydrogen-bond donors (Lipinski definition) is 3. The molecule has 0 bridgehead atoms. The van der Waals surface area contributed by atoms with E-state index in [1.54, 1.807) is 6.07 Å². The molecule has 3 aliphatic heterocycles. The fourth-order valence-electron chi connectivity index (χ4n) is 6.10. The number of rotatable bonds is 15. The van der Waals surface area contributed by atoms with E-state index in [1.807, 2.05) is 44.2 Å². The SMILES string of the molecule is CC(C)(CCCCN)CN(CC(O)[C@H](Cc1ccccc1)NC(=O)OC1COC2OCCC12)S(=O)(=O)c1ccc2c(c1)OCO2. The van der Waals surface area contributed by atoms with Crippen LogP contribution in [-0.2, 0) is 30.7 Å². The summed E-state index contributed by atoms with van der Waals surface area (Å²) in [5, 5.41) is 14.5. The Kier molecular flexibility index (Phi) is 10.9. The molecule has 2 saturated heterocycles. The molecule has 0 radical (unpaired) electrons. The van der Waals surface area contributed by atoms with Crippen LogP contribution in [0.5, 0.6) is 11.5 Å². The quantitative estimate of drug-likeness (QED) is 0.245. The zero-order valence-electron chi connectivity index (χ0n) is 25.9. The monoisotopic (exact) mass is 647 g/mol. The molecule has 2 aromatic carbocycles. The highest BCUT2D eigenvalue weighted by molar-refractivity contribution is 7.89. The van der Waals surface area contributed by atoms with Gasteiger partial charge in [-0.25, -0.2) is 13.2 Å². The van der Waals surface area contributed by atoms with Crippen LogP contribution in [0, 0.1) is 11.3 Å². The summed E-state index contributed by atoms with van der Waals surface area (Å²) in [4.78, 5) is 13.2. The van der Waals surface area contributed by atoms with E-state index in [2.05, 4.69) is 5.32 Å². The van der Waals surface area contributed by atoms with Crippen molar-refractivity contribution in [3.63, 3.8) is 0 Å². The van der Waals surface area contributed by atoms with Crippen molar-refractivity contribution in [1.82, 2.24) is 9.62 Å². The summed E-state index contributed by atoms with van der Waals surface area (Å²) >= 11 is 0. The highest BCUT2D eigenvalue weighted by atomic mass is 32.2. The topological polar surface area (TPSA) is 159 Å². The molecule has 3 aliphatic rings. The van der Waals surface area contributed by atoms with Gasteiger partial charge in [-0.1, -0.05) is 50.6 Å². The minimum Gasteiger partial charge on any atom is -0.454 e. The van der Waals surface area contributed by atoms with Gasteiger partial charge in [0, 0.05) is 19.2 Å². The van der Waals surface area contributed by atoms with Gasteiger partial charge >= 0.3 is 6.09 Å². The van der Waals surface area contributed by atoms with Gasteiger partial charge in [-0.15, -0.1) is 0 Å². The van der Waals surface area contributed by atoms with E-state index < -0.39 is 39.8 Å². The van der Waals surface area contributed by atoms with Crippen molar-refractivity contribution in [2.45, 2.75) is 75.4 Å². The fraction of sp³-hybridized carbons (Fsp3) is 0.594. The van der Waals surface area contributed by atoms with E-state index in [-0.39, 0.29) is 50.0 Å². The van der Waals surface area contributed by atoms with Crippen LogP contribution in [0.2, 0.25) is 0 Å². The fourth-order valence-corrected chi connectivity index (χ4v) is 7.76. The van der Waals surface area contributed by atoms with Gasteiger partial charge in [0.25, 0.3) is 0 Å². The highest BCUT2D eigenvalue weighted by Crippen LogP contribution is 2.36. The molecule has 12 nitrogen and oxygen atoms in total. The lowest BCUT2D eigenvalue weighted by atomic mass is 9.87. The molecule has 13 heteroatoms. The zero-order valence-corrected chi connectivity index (χ0v) is 26.7. The Morgan fingerprint density at radius 3 is 2.69 bits per heavy atom. The maximum absolute atomic E-state index is 14.2. The number of aliphatic hydroxyl groups excluding tert-OH is 1. The number of hydrogen-bond acceptors (Lipinski definition) is 10. The van der Waals surface area contributed by atoms with Gasteiger partial charge in [0.2, 0.25) is 16.8 Å². The molecule has 2 fully saturated rings. The Morgan fingerprint density at radius 2 is 1.91 bits per heavy atom. The molecule has 45 heavy (non-hydrogen) atoms. The molecule has 3 heterocycles. The average Bonchev–Trinajstić information content (AvgIpc) is 3.75. The van der Waals surface area contributed by atoms with Crippen LogP contribution in [0.25, 0.3) is 0 Å². The molecule has 248 valence electrons. The van der Waals surface area contributed by atoms with E-state index in [9.17, 15) is 18.3 Å². The number of nitrogens with two attached hydrogens (primary N) is 1. The lowest BCUT2D eigenvalue weighted by Gasteiger charge is -2.35. The van der Waals surface area contributed by atoms with Crippen molar-refractivity contribution in [3.8, 4) is 11.5 Å². The normalized spacial score (nSPS) is 22.3. The van der Waals surface area contributed by atoms with Gasteiger partial charge in [0.15, 0.2) is 17.8 Å². The zero-order chi connectivity index (χ0) is 32.0. The van der Waals surface area contributed by atoms with Crippen molar-refractivity contribution >= 4 is 16.1 Å². The second kappa shape index (κ2) is 14.7. The number of benzene rings is 2. The van der Waals surface area contributed by atoms with Gasteiger partial charge < -0.3 is 39.8 Å². The van der Waals surface area contributed by atoms with Crippen molar-refractivity contribution in [2.24, 2.45) is 17.1 Å². The van der Waals surface area contributed by atoms with Crippen molar-refractivity contribution < 1.29 is 42.0 Å². The number of alkyl carbamates (subject to hydrolysis) is 1. The molecule has 0 spiro atoms. The van der Waals surface area contributed by atoms with Crippen LogP contribution in [0.1, 0.15) is 45.1 Å². The molecule has 0 aliphatic carbocycles. The number of nitrogens with zero attached hydrogens (tertiary/aromatic N) is 1. The lowest BCUT2D eigenvalue weighted by molar-refractivity contribution is -0.0907. The predicted octanol–water partition coefficient (Wildman–Crippen LogP) is 3.02.